The number of ether oxygens (including phenoxy) is 2. The molecule has 0 saturated carbocycles. The molecule has 1 unspecified atom stereocenters. The number of H-pyrrole nitrogens is 1. The van der Waals surface area contributed by atoms with Crippen LogP contribution in [0.1, 0.15) is 23.2 Å². The van der Waals surface area contributed by atoms with Gasteiger partial charge in [-0.1, -0.05) is 33.6 Å². The van der Waals surface area contributed by atoms with E-state index in [0.29, 0.717) is 24.2 Å². The first-order valence-electron chi connectivity index (χ1n) is 10.9. The minimum absolute atomic E-state index is 0.457. The molecule has 0 spiro atoms. The maximum absolute atomic E-state index is 6.11. The predicted octanol–water partition coefficient (Wildman–Crippen LogP) is 4.73. The first-order chi connectivity index (χ1) is 15.7. The van der Waals surface area contributed by atoms with E-state index < -0.39 is 0 Å². The van der Waals surface area contributed by atoms with Crippen molar-refractivity contribution in [1.29, 1.82) is 0 Å². The maximum Gasteiger partial charge on any atom is 0.124 e. The zero-order valence-electron chi connectivity index (χ0n) is 17.9. The van der Waals surface area contributed by atoms with E-state index in [-0.39, 0.29) is 0 Å². The highest BCUT2D eigenvalue weighted by Crippen LogP contribution is 2.27. The first-order valence-corrected chi connectivity index (χ1v) is 12.1. The molecular weight excluding hydrogens is 492 g/mol. The Hall–Kier alpha value is -2.06. The van der Waals surface area contributed by atoms with Crippen molar-refractivity contribution in [2.75, 3.05) is 26.2 Å². The van der Waals surface area contributed by atoms with E-state index in [9.17, 15) is 0 Å². The normalized spacial score (nSPS) is 15.8. The molecule has 1 fully saturated rings. The number of hydrogen-bond donors (Lipinski definition) is 3. The summed E-state index contributed by atoms with van der Waals surface area (Å²) >= 11 is 9.59. The van der Waals surface area contributed by atoms with Gasteiger partial charge in [0.2, 0.25) is 0 Å². The molecule has 32 heavy (non-hydrogen) atoms. The highest BCUT2D eigenvalue weighted by molar-refractivity contribution is 9.10. The van der Waals surface area contributed by atoms with Gasteiger partial charge in [-0.25, -0.2) is 4.98 Å². The lowest BCUT2D eigenvalue weighted by molar-refractivity contribution is 0.299. The number of hydrogen-bond acceptors (Lipinski definition) is 5. The van der Waals surface area contributed by atoms with E-state index in [1.807, 2.05) is 36.5 Å². The van der Waals surface area contributed by atoms with Gasteiger partial charge in [0.15, 0.2) is 0 Å². The Morgan fingerprint density at radius 3 is 2.88 bits per heavy atom. The molecule has 0 radical (unpaired) electrons. The average molecular weight is 520 g/mol. The van der Waals surface area contributed by atoms with Crippen LogP contribution in [0.5, 0.6) is 11.5 Å². The van der Waals surface area contributed by atoms with Crippen LogP contribution < -0.4 is 20.1 Å². The summed E-state index contributed by atoms with van der Waals surface area (Å²) in [6.07, 6.45) is 5.52. The average Bonchev–Trinajstić information content (AvgIpc) is 3.49. The highest BCUT2D eigenvalue weighted by atomic mass is 79.9. The zero-order valence-corrected chi connectivity index (χ0v) is 20.2. The quantitative estimate of drug-likeness (QED) is 0.342. The molecule has 0 aliphatic carbocycles. The smallest absolute Gasteiger partial charge is 0.124 e. The first kappa shape index (κ1) is 23.1. The van der Waals surface area contributed by atoms with Gasteiger partial charge in [0.05, 0.1) is 12.9 Å². The second kappa shape index (κ2) is 11.7. The number of nitrogens with one attached hydrogen (secondary N) is 3. The lowest BCUT2D eigenvalue weighted by Gasteiger charge is -2.16. The van der Waals surface area contributed by atoms with Crippen LogP contribution in [0.4, 0.5) is 0 Å². The van der Waals surface area contributed by atoms with Crippen LogP contribution >= 0.6 is 27.5 Å². The van der Waals surface area contributed by atoms with Crippen molar-refractivity contribution in [1.82, 2.24) is 20.6 Å². The number of rotatable bonds is 11. The lowest BCUT2D eigenvalue weighted by Crippen LogP contribution is -2.24. The van der Waals surface area contributed by atoms with Crippen LogP contribution in [0.2, 0.25) is 5.02 Å². The van der Waals surface area contributed by atoms with Crippen LogP contribution in [0.15, 0.2) is 53.4 Å². The molecule has 1 aromatic heterocycles. The van der Waals surface area contributed by atoms with Gasteiger partial charge in [-0.15, -0.1) is 0 Å². The van der Waals surface area contributed by atoms with Crippen molar-refractivity contribution in [2.24, 2.45) is 5.92 Å². The Balaban J connectivity index is 1.39. The Labute approximate surface area is 202 Å². The van der Waals surface area contributed by atoms with E-state index in [2.05, 4.69) is 42.6 Å². The summed E-state index contributed by atoms with van der Waals surface area (Å²) in [6, 6.07) is 11.7. The van der Waals surface area contributed by atoms with E-state index >= 15 is 0 Å². The van der Waals surface area contributed by atoms with Crippen molar-refractivity contribution in [3.8, 4) is 11.5 Å². The molecule has 1 aliphatic rings. The van der Waals surface area contributed by atoms with Gasteiger partial charge >= 0.3 is 0 Å². The van der Waals surface area contributed by atoms with Crippen molar-refractivity contribution in [3.05, 3.63) is 75.2 Å². The molecule has 1 atom stereocenters. The van der Waals surface area contributed by atoms with Crippen LogP contribution in [0.25, 0.3) is 0 Å². The summed E-state index contributed by atoms with van der Waals surface area (Å²) in [6.45, 7) is 4.96. The van der Waals surface area contributed by atoms with Crippen molar-refractivity contribution in [3.63, 3.8) is 0 Å². The zero-order chi connectivity index (χ0) is 22.2. The van der Waals surface area contributed by atoms with Crippen LogP contribution in [-0.2, 0) is 19.6 Å². The van der Waals surface area contributed by atoms with Crippen LogP contribution in [0, 0.1) is 5.92 Å². The van der Waals surface area contributed by atoms with Gasteiger partial charge in [-0.05, 0) is 62.3 Å². The summed E-state index contributed by atoms with van der Waals surface area (Å²) < 4.78 is 13.1. The molecule has 1 saturated heterocycles. The highest BCUT2D eigenvalue weighted by Gasteiger charge is 2.14. The molecular formula is C24H28BrClN4O2. The largest absolute Gasteiger partial charge is 0.493 e. The van der Waals surface area contributed by atoms with Gasteiger partial charge in [0, 0.05) is 45.5 Å². The molecule has 170 valence electrons. The third kappa shape index (κ3) is 6.72. The maximum atomic E-state index is 6.11. The monoisotopic (exact) mass is 518 g/mol. The molecule has 1 aliphatic heterocycles. The summed E-state index contributed by atoms with van der Waals surface area (Å²) in [4.78, 5) is 7.17. The van der Waals surface area contributed by atoms with E-state index in [4.69, 9.17) is 21.1 Å². The topological polar surface area (TPSA) is 71.2 Å². The lowest BCUT2D eigenvalue weighted by atomic mass is 10.1. The third-order valence-corrected chi connectivity index (χ3v) is 6.51. The standard InChI is InChI=1S/C24H28BrClN4O2/c25-23-10-20(26)2-1-18(23)15-32-22-3-4-24(31-8-6-21-14-29-16-30-21)19(9-22)13-28-12-17-5-7-27-11-17/h1-4,9-10,14,16-17,27-28H,5-8,11-13,15H2,(H,29,30). The summed E-state index contributed by atoms with van der Waals surface area (Å²) in [5, 5.41) is 7.71. The van der Waals surface area contributed by atoms with Gasteiger partial charge < -0.3 is 25.1 Å². The molecule has 0 bridgehead atoms. The number of nitrogens with zero attached hydrogens (tertiary/aromatic N) is 1. The second-order valence-electron chi connectivity index (χ2n) is 7.96. The number of aromatic nitrogens is 2. The fourth-order valence-corrected chi connectivity index (χ4v) is 4.51. The minimum atomic E-state index is 0.457. The van der Waals surface area contributed by atoms with E-state index in [1.165, 1.54) is 6.42 Å². The molecule has 4 rings (SSSR count). The Morgan fingerprint density at radius 1 is 1.16 bits per heavy atom. The Morgan fingerprint density at radius 2 is 2.09 bits per heavy atom. The SMILES string of the molecule is Clc1ccc(COc2ccc(OCCc3cnc[nH]3)c(CNCC3CCNC3)c2)c(Br)c1. The van der Waals surface area contributed by atoms with Gasteiger partial charge in [-0.2, -0.15) is 0 Å². The predicted molar refractivity (Wildman–Crippen MR) is 130 cm³/mol. The fraction of sp³-hybridized carbons (Fsp3) is 0.375. The third-order valence-electron chi connectivity index (χ3n) is 5.54. The van der Waals surface area contributed by atoms with Gasteiger partial charge in [0.25, 0.3) is 0 Å². The summed E-state index contributed by atoms with van der Waals surface area (Å²) in [5.74, 6) is 2.37. The van der Waals surface area contributed by atoms with E-state index in [0.717, 1.165) is 65.4 Å². The molecule has 0 amide bonds. The van der Waals surface area contributed by atoms with Crippen molar-refractivity contribution < 1.29 is 9.47 Å². The second-order valence-corrected chi connectivity index (χ2v) is 9.25. The summed E-state index contributed by atoms with van der Waals surface area (Å²) in [5.41, 5.74) is 3.20. The fourth-order valence-electron chi connectivity index (χ4n) is 3.72. The van der Waals surface area contributed by atoms with Gasteiger partial charge in [-0.3, -0.25) is 0 Å². The molecule has 8 heteroatoms. The van der Waals surface area contributed by atoms with Crippen molar-refractivity contribution in [2.45, 2.75) is 26.0 Å². The Kier molecular flexibility index (Phi) is 8.45. The van der Waals surface area contributed by atoms with Crippen molar-refractivity contribution >= 4 is 27.5 Å². The van der Waals surface area contributed by atoms with Gasteiger partial charge in [0.1, 0.15) is 18.1 Å². The van der Waals surface area contributed by atoms with E-state index in [1.54, 1.807) is 6.33 Å². The number of halogens is 2. The Bertz CT molecular complexity index is 994. The molecule has 6 nitrogen and oxygen atoms in total. The minimum Gasteiger partial charge on any atom is -0.493 e. The molecule has 3 N–H and O–H groups in total. The van der Waals surface area contributed by atoms with Crippen LogP contribution in [-0.4, -0.2) is 36.2 Å². The van der Waals surface area contributed by atoms with Crippen LogP contribution in [0.3, 0.4) is 0 Å². The molecule has 2 aromatic carbocycles. The molecule has 3 aromatic rings. The number of imidazole rings is 1. The number of aromatic amines is 1. The molecule has 2 heterocycles. The number of benzene rings is 2. The summed E-state index contributed by atoms with van der Waals surface area (Å²) in [7, 11) is 0.